The maximum atomic E-state index is 10.9. The molecule has 2 aromatic heterocycles. The molecular weight excluding hydrogens is 611 g/mol. The van der Waals surface area contributed by atoms with Crippen LogP contribution in [0.15, 0.2) is 152 Å². The molecule has 0 aliphatic rings. The second-order valence-corrected chi connectivity index (χ2v) is 12.2. The van der Waals surface area contributed by atoms with Crippen molar-refractivity contribution in [1.82, 2.24) is 9.13 Å². The van der Waals surface area contributed by atoms with Crippen molar-refractivity contribution in [2.45, 2.75) is 0 Å². The topological polar surface area (TPSA) is 61.8 Å². The van der Waals surface area contributed by atoms with Gasteiger partial charge in [0.25, 0.3) is 0 Å². The zero-order chi connectivity index (χ0) is 33.8. The highest BCUT2D eigenvalue weighted by molar-refractivity contribution is 6.11. The summed E-state index contributed by atoms with van der Waals surface area (Å²) in [5, 5.41) is 24.9. The van der Waals surface area contributed by atoms with E-state index >= 15 is 0 Å². The predicted octanol–water partition coefficient (Wildman–Crippen LogP) is 11.5. The Kier molecular flexibility index (Phi) is 6.56. The summed E-state index contributed by atoms with van der Waals surface area (Å²) in [6.45, 7) is 8.19. The van der Waals surface area contributed by atoms with E-state index < -0.39 is 0 Å². The van der Waals surface area contributed by atoms with Crippen LogP contribution in [0, 0.1) is 29.2 Å². The molecule has 0 saturated carbocycles. The molecule has 0 bridgehead atoms. The Morgan fingerprint density at radius 1 is 0.500 bits per heavy atom. The molecule has 0 radical (unpaired) electrons. The highest BCUT2D eigenvalue weighted by Gasteiger charge is 2.22. The molecule has 0 fully saturated rings. The van der Waals surface area contributed by atoms with Gasteiger partial charge in [-0.15, -0.1) is 0 Å². The van der Waals surface area contributed by atoms with Gasteiger partial charge in [0.1, 0.15) is 0 Å². The molecule has 0 saturated heterocycles. The molecule has 2 heterocycles. The Hall–Kier alpha value is -7.39. The van der Waals surface area contributed by atoms with Gasteiger partial charge in [-0.2, -0.15) is 10.5 Å². The first-order valence-electron chi connectivity index (χ1n) is 16.3. The summed E-state index contributed by atoms with van der Waals surface area (Å²) in [6.07, 6.45) is 0. The first kappa shape index (κ1) is 28.8. The lowest BCUT2D eigenvalue weighted by molar-refractivity contribution is 1.18. The van der Waals surface area contributed by atoms with Crippen LogP contribution < -0.4 is 0 Å². The number of nitrogens with zero attached hydrogens (tertiary/aromatic N) is 5. The fourth-order valence-corrected chi connectivity index (χ4v) is 7.51. The third kappa shape index (κ3) is 4.24. The zero-order valence-corrected chi connectivity index (χ0v) is 26.7. The summed E-state index contributed by atoms with van der Waals surface area (Å²) >= 11 is 0. The van der Waals surface area contributed by atoms with Crippen molar-refractivity contribution in [3.8, 4) is 45.8 Å². The molecule has 7 aromatic carbocycles. The molecule has 0 aliphatic heterocycles. The van der Waals surface area contributed by atoms with Crippen LogP contribution in [0.25, 0.3) is 82.1 Å². The van der Waals surface area contributed by atoms with Gasteiger partial charge < -0.3 is 9.13 Å². The minimum absolute atomic E-state index is 0.406. The van der Waals surface area contributed by atoms with Crippen LogP contribution in [0.1, 0.15) is 11.1 Å². The molecule has 230 valence electrons. The quantitative estimate of drug-likeness (QED) is 0.181. The van der Waals surface area contributed by atoms with E-state index in [0.717, 1.165) is 60.9 Å². The molecule has 0 atom stereocenters. The second-order valence-electron chi connectivity index (χ2n) is 12.2. The van der Waals surface area contributed by atoms with E-state index in [-0.39, 0.29) is 0 Å². The van der Waals surface area contributed by atoms with Gasteiger partial charge in [0.05, 0.1) is 57.6 Å². The average Bonchev–Trinajstić information content (AvgIpc) is 3.70. The smallest absolute Gasteiger partial charge is 0.196 e. The molecule has 0 amide bonds. The van der Waals surface area contributed by atoms with Crippen molar-refractivity contribution in [3.63, 3.8) is 0 Å². The van der Waals surface area contributed by atoms with Gasteiger partial charge >= 0.3 is 0 Å². The van der Waals surface area contributed by atoms with Gasteiger partial charge in [0.15, 0.2) is 5.69 Å². The number of para-hydroxylation sites is 4. The van der Waals surface area contributed by atoms with E-state index in [4.69, 9.17) is 6.57 Å². The van der Waals surface area contributed by atoms with Gasteiger partial charge in [0, 0.05) is 32.8 Å². The molecular formula is C45H25N5. The SMILES string of the molecule is [C-]#[N+]c1ccc(-c2cccc(-n3c4ccccc4c4ccccc43)c2)c(C#N)c1-c1ccccc1-n1c2ccccc2c2cc(C#N)ccc21. The van der Waals surface area contributed by atoms with Gasteiger partial charge in [-0.25, -0.2) is 4.85 Å². The maximum absolute atomic E-state index is 10.9. The summed E-state index contributed by atoms with van der Waals surface area (Å²) in [4.78, 5) is 3.94. The lowest BCUT2D eigenvalue weighted by Gasteiger charge is -2.18. The van der Waals surface area contributed by atoms with E-state index in [2.05, 4.69) is 98.9 Å². The predicted molar refractivity (Wildman–Crippen MR) is 202 cm³/mol. The van der Waals surface area contributed by atoms with Crippen LogP contribution in [-0.2, 0) is 0 Å². The van der Waals surface area contributed by atoms with Crippen molar-refractivity contribution < 1.29 is 0 Å². The fourth-order valence-electron chi connectivity index (χ4n) is 7.51. The molecule has 5 nitrogen and oxygen atoms in total. The summed E-state index contributed by atoms with van der Waals surface area (Å²) in [5.41, 5.74) is 10.4. The van der Waals surface area contributed by atoms with Crippen LogP contribution in [0.4, 0.5) is 5.69 Å². The summed E-state index contributed by atoms with van der Waals surface area (Å²) in [6, 6.07) is 55.4. The lowest BCUT2D eigenvalue weighted by Crippen LogP contribution is -1.99. The van der Waals surface area contributed by atoms with Crippen molar-refractivity contribution >= 4 is 49.3 Å². The van der Waals surface area contributed by atoms with Crippen LogP contribution in [-0.4, -0.2) is 9.13 Å². The minimum Gasteiger partial charge on any atom is -0.309 e. The van der Waals surface area contributed by atoms with E-state index in [1.165, 1.54) is 10.8 Å². The molecule has 0 aliphatic carbocycles. The normalized spacial score (nSPS) is 11.1. The average molecular weight is 636 g/mol. The van der Waals surface area contributed by atoms with Crippen molar-refractivity contribution in [2.75, 3.05) is 0 Å². The molecule has 0 N–H and O–H groups in total. The number of nitriles is 2. The molecule has 9 aromatic rings. The number of hydrogen-bond donors (Lipinski definition) is 0. The van der Waals surface area contributed by atoms with Crippen LogP contribution in [0.3, 0.4) is 0 Å². The molecule has 9 rings (SSSR count). The third-order valence-corrected chi connectivity index (χ3v) is 9.63. The highest BCUT2D eigenvalue weighted by Crippen LogP contribution is 2.44. The van der Waals surface area contributed by atoms with E-state index in [9.17, 15) is 10.5 Å². The Balaban J connectivity index is 1.29. The highest BCUT2D eigenvalue weighted by atomic mass is 15.0. The lowest BCUT2D eigenvalue weighted by atomic mass is 9.90. The van der Waals surface area contributed by atoms with Crippen LogP contribution in [0.5, 0.6) is 0 Å². The maximum Gasteiger partial charge on any atom is 0.196 e. The zero-order valence-electron chi connectivity index (χ0n) is 26.7. The van der Waals surface area contributed by atoms with Crippen LogP contribution in [0.2, 0.25) is 0 Å². The van der Waals surface area contributed by atoms with E-state index in [1.807, 2.05) is 78.9 Å². The van der Waals surface area contributed by atoms with Gasteiger partial charge in [-0.3, -0.25) is 0 Å². The number of aromatic nitrogens is 2. The van der Waals surface area contributed by atoms with Gasteiger partial charge in [-0.1, -0.05) is 97.1 Å². The van der Waals surface area contributed by atoms with Crippen molar-refractivity contribution in [2.24, 2.45) is 0 Å². The second kappa shape index (κ2) is 11.4. The van der Waals surface area contributed by atoms with Crippen molar-refractivity contribution in [3.05, 3.63) is 174 Å². The number of benzene rings is 7. The third-order valence-electron chi connectivity index (χ3n) is 9.63. The van der Waals surface area contributed by atoms with Crippen molar-refractivity contribution in [1.29, 1.82) is 10.5 Å². The first-order valence-corrected chi connectivity index (χ1v) is 16.3. The monoisotopic (exact) mass is 635 g/mol. The summed E-state index contributed by atoms with van der Waals surface area (Å²) in [5.74, 6) is 0. The Labute approximate surface area is 288 Å². The minimum atomic E-state index is 0.406. The van der Waals surface area contributed by atoms with Gasteiger partial charge in [0.2, 0.25) is 0 Å². The number of hydrogen-bond acceptors (Lipinski definition) is 2. The number of fused-ring (bicyclic) bond motifs is 6. The first-order chi connectivity index (χ1) is 24.7. The Morgan fingerprint density at radius 3 is 1.80 bits per heavy atom. The Morgan fingerprint density at radius 2 is 1.12 bits per heavy atom. The Bertz CT molecular complexity index is 2920. The molecule has 0 unspecified atom stereocenters. The van der Waals surface area contributed by atoms with E-state index in [1.54, 1.807) is 0 Å². The molecule has 0 spiro atoms. The standard InChI is InChI=1S/C45H25N5/c1-48-39-23-22-32(30-11-10-12-31(26-30)49-40-17-6-2-13-33(40)34-14-3-7-18-41(34)49)38(28-47)45(39)36-16-5-9-20-43(36)50-42-19-8-4-15-35(42)37-25-29(27-46)21-24-44(37)50/h2-26H. The fraction of sp³-hybridized carbons (Fsp3) is 0. The van der Waals surface area contributed by atoms with E-state index in [0.29, 0.717) is 22.4 Å². The van der Waals surface area contributed by atoms with Crippen LogP contribution >= 0.6 is 0 Å². The largest absolute Gasteiger partial charge is 0.309 e. The molecule has 50 heavy (non-hydrogen) atoms. The number of rotatable bonds is 4. The summed E-state index contributed by atoms with van der Waals surface area (Å²) in [7, 11) is 0. The molecule has 5 heteroatoms. The van der Waals surface area contributed by atoms with Gasteiger partial charge in [-0.05, 0) is 71.3 Å². The summed E-state index contributed by atoms with van der Waals surface area (Å²) < 4.78 is 4.44.